The first-order valence-electron chi connectivity index (χ1n) is 9.39. The van der Waals surface area contributed by atoms with Gasteiger partial charge < -0.3 is 10.6 Å². The number of halogens is 1. The SMILES string of the molecule is CN=C(NCc1ccnn1C)NCC(c1ccc(C)cc1)N1CCCC1.I. The number of rotatable bonds is 6. The van der Waals surface area contributed by atoms with Gasteiger partial charge in [0, 0.05) is 26.8 Å². The number of likely N-dealkylation sites (tertiary alicyclic amines) is 1. The van der Waals surface area contributed by atoms with Gasteiger partial charge in [0.25, 0.3) is 0 Å². The van der Waals surface area contributed by atoms with Crippen LogP contribution in [0.25, 0.3) is 0 Å². The van der Waals surface area contributed by atoms with Gasteiger partial charge in [0.1, 0.15) is 0 Å². The van der Waals surface area contributed by atoms with E-state index in [9.17, 15) is 0 Å². The predicted octanol–water partition coefficient (Wildman–Crippen LogP) is 2.85. The van der Waals surface area contributed by atoms with E-state index in [1.165, 1.54) is 37.1 Å². The lowest BCUT2D eigenvalue weighted by molar-refractivity contribution is 0.245. The van der Waals surface area contributed by atoms with Crippen molar-refractivity contribution in [3.63, 3.8) is 0 Å². The van der Waals surface area contributed by atoms with Gasteiger partial charge in [-0.15, -0.1) is 24.0 Å². The zero-order valence-corrected chi connectivity index (χ0v) is 18.8. The molecule has 0 saturated carbocycles. The molecule has 1 saturated heterocycles. The van der Waals surface area contributed by atoms with E-state index < -0.39 is 0 Å². The van der Waals surface area contributed by atoms with Crippen LogP contribution in [0.15, 0.2) is 41.5 Å². The highest BCUT2D eigenvalue weighted by atomic mass is 127. The van der Waals surface area contributed by atoms with E-state index >= 15 is 0 Å². The van der Waals surface area contributed by atoms with Gasteiger partial charge in [0.15, 0.2) is 5.96 Å². The smallest absolute Gasteiger partial charge is 0.191 e. The summed E-state index contributed by atoms with van der Waals surface area (Å²) in [5.41, 5.74) is 3.80. The molecule has 2 aromatic rings. The average Bonchev–Trinajstić information content (AvgIpc) is 3.31. The summed E-state index contributed by atoms with van der Waals surface area (Å²) >= 11 is 0. The van der Waals surface area contributed by atoms with Crippen molar-refractivity contribution in [1.82, 2.24) is 25.3 Å². The highest BCUT2D eigenvalue weighted by molar-refractivity contribution is 14.0. The summed E-state index contributed by atoms with van der Waals surface area (Å²) in [4.78, 5) is 6.95. The lowest BCUT2D eigenvalue weighted by atomic mass is 10.0. The topological polar surface area (TPSA) is 57.5 Å². The first-order chi connectivity index (χ1) is 12.7. The highest BCUT2D eigenvalue weighted by Gasteiger charge is 2.23. The largest absolute Gasteiger partial charge is 0.354 e. The summed E-state index contributed by atoms with van der Waals surface area (Å²) in [6.07, 6.45) is 4.39. The summed E-state index contributed by atoms with van der Waals surface area (Å²) in [5.74, 6) is 0.822. The monoisotopic (exact) mass is 482 g/mol. The highest BCUT2D eigenvalue weighted by Crippen LogP contribution is 2.24. The summed E-state index contributed by atoms with van der Waals surface area (Å²) in [7, 11) is 3.77. The van der Waals surface area contributed by atoms with Crippen molar-refractivity contribution in [2.24, 2.45) is 12.0 Å². The van der Waals surface area contributed by atoms with Gasteiger partial charge in [-0.3, -0.25) is 14.6 Å². The molecule has 1 atom stereocenters. The molecular weight excluding hydrogens is 451 g/mol. The van der Waals surface area contributed by atoms with Crippen molar-refractivity contribution < 1.29 is 0 Å². The van der Waals surface area contributed by atoms with E-state index in [2.05, 4.69) is 56.8 Å². The molecule has 1 unspecified atom stereocenters. The van der Waals surface area contributed by atoms with Crippen LogP contribution in [0.3, 0.4) is 0 Å². The Morgan fingerprint density at radius 3 is 2.44 bits per heavy atom. The third-order valence-corrected chi connectivity index (χ3v) is 5.09. The first-order valence-corrected chi connectivity index (χ1v) is 9.39. The third-order valence-electron chi connectivity index (χ3n) is 5.09. The molecule has 0 radical (unpaired) electrons. The number of benzene rings is 1. The molecule has 6 nitrogen and oxygen atoms in total. The number of hydrogen-bond donors (Lipinski definition) is 2. The van der Waals surface area contributed by atoms with E-state index in [0.29, 0.717) is 12.6 Å². The maximum atomic E-state index is 4.37. The third kappa shape index (κ3) is 5.93. The van der Waals surface area contributed by atoms with Crippen molar-refractivity contribution in [3.8, 4) is 0 Å². The van der Waals surface area contributed by atoms with E-state index in [-0.39, 0.29) is 24.0 Å². The number of aryl methyl sites for hydroxylation is 2. The Morgan fingerprint density at radius 1 is 1.15 bits per heavy atom. The van der Waals surface area contributed by atoms with E-state index in [4.69, 9.17) is 0 Å². The van der Waals surface area contributed by atoms with Crippen LogP contribution in [-0.2, 0) is 13.6 Å². The van der Waals surface area contributed by atoms with Gasteiger partial charge >= 0.3 is 0 Å². The average molecular weight is 482 g/mol. The van der Waals surface area contributed by atoms with Crippen molar-refractivity contribution >= 4 is 29.9 Å². The minimum absolute atomic E-state index is 0. The van der Waals surface area contributed by atoms with Gasteiger partial charge in [-0.05, 0) is 44.5 Å². The van der Waals surface area contributed by atoms with Crippen LogP contribution in [0.4, 0.5) is 0 Å². The Balaban J connectivity index is 0.00000261. The number of hydrogen-bond acceptors (Lipinski definition) is 3. The molecule has 0 aliphatic carbocycles. The minimum Gasteiger partial charge on any atom is -0.354 e. The Labute approximate surface area is 179 Å². The molecule has 27 heavy (non-hydrogen) atoms. The zero-order chi connectivity index (χ0) is 18.4. The van der Waals surface area contributed by atoms with E-state index in [0.717, 1.165) is 18.2 Å². The van der Waals surface area contributed by atoms with Crippen LogP contribution in [-0.4, -0.2) is 47.3 Å². The van der Waals surface area contributed by atoms with Crippen LogP contribution in [0.1, 0.15) is 35.7 Å². The Hall–Kier alpha value is -1.61. The number of aliphatic imine (C=N–C) groups is 1. The molecule has 0 spiro atoms. The molecule has 0 amide bonds. The molecule has 7 heteroatoms. The fourth-order valence-electron chi connectivity index (χ4n) is 3.46. The maximum Gasteiger partial charge on any atom is 0.191 e. The van der Waals surface area contributed by atoms with Crippen molar-refractivity contribution in [3.05, 3.63) is 53.3 Å². The maximum absolute atomic E-state index is 4.37. The molecule has 0 bridgehead atoms. The lowest BCUT2D eigenvalue weighted by Crippen LogP contribution is -2.42. The first kappa shape index (κ1) is 21.7. The second-order valence-electron chi connectivity index (χ2n) is 6.92. The molecule has 1 aromatic heterocycles. The van der Waals surface area contributed by atoms with Crippen LogP contribution >= 0.6 is 24.0 Å². The fraction of sp³-hybridized carbons (Fsp3) is 0.500. The van der Waals surface area contributed by atoms with Gasteiger partial charge in [0.2, 0.25) is 0 Å². The molecule has 148 valence electrons. The molecule has 1 aromatic carbocycles. The number of aromatic nitrogens is 2. The molecule has 1 fully saturated rings. The number of nitrogens with zero attached hydrogens (tertiary/aromatic N) is 4. The number of guanidine groups is 1. The van der Waals surface area contributed by atoms with Crippen molar-refractivity contribution in [2.75, 3.05) is 26.7 Å². The number of nitrogens with one attached hydrogen (secondary N) is 2. The summed E-state index contributed by atoms with van der Waals surface area (Å²) in [6, 6.07) is 11.3. The van der Waals surface area contributed by atoms with Crippen LogP contribution in [0, 0.1) is 6.92 Å². The molecule has 2 N–H and O–H groups in total. The van der Waals surface area contributed by atoms with Gasteiger partial charge in [-0.25, -0.2) is 0 Å². The fourth-order valence-corrected chi connectivity index (χ4v) is 3.46. The Bertz CT molecular complexity index is 718. The predicted molar refractivity (Wildman–Crippen MR) is 122 cm³/mol. The van der Waals surface area contributed by atoms with Gasteiger partial charge in [-0.2, -0.15) is 5.10 Å². The normalized spacial score (nSPS) is 16.0. The standard InChI is InChI=1S/C20H30N6.HI/c1-16-6-8-17(9-7-16)19(26-12-4-5-13-26)15-23-20(21-2)22-14-18-10-11-24-25(18)3;/h6-11,19H,4-5,12-15H2,1-3H3,(H2,21,22,23);1H. The van der Waals surface area contributed by atoms with Crippen molar-refractivity contribution in [2.45, 2.75) is 32.4 Å². The second-order valence-corrected chi connectivity index (χ2v) is 6.92. The molecule has 1 aliphatic rings. The molecule has 3 rings (SSSR count). The molecular formula is C20H31IN6. The van der Waals surface area contributed by atoms with Crippen LogP contribution in [0.5, 0.6) is 0 Å². The summed E-state index contributed by atoms with van der Waals surface area (Å²) in [6.45, 7) is 6.02. The summed E-state index contributed by atoms with van der Waals surface area (Å²) < 4.78 is 1.87. The van der Waals surface area contributed by atoms with E-state index in [1.807, 2.05) is 31.0 Å². The summed E-state index contributed by atoms with van der Waals surface area (Å²) in [5, 5.41) is 11.1. The minimum atomic E-state index is 0. The molecule has 1 aliphatic heterocycles. The Kier molecular flexibility index (Phi) is 8.56. The zero-order valence-electron chi connectivity index (χ0n) is 16.5. The van der Waals surface area contributed by atoms with Gasteiger partial charge in [-0.1, -0.05) is 29.8 Å². The van der Waals surface area contributed by atoms with E-state index in [1.54, 1.807) is 0 Å². The Morgan fingerprint density at radius 2 is 1.85 bits per heavy atom. The van der Waals surface area contributed by atoms with Crippen LogP contribution < -0.4 is 10.6 Å². The molecule has 2 heterocycles. The quantitative estimate of drug-likeness (QED) is 0.378. The van der Waals surface area contributed by atoms with Gasteiger partial charge in [0.05, 0.1) is 18.3 Å². The van der Waals surface area contributed by atoms with Crippen LogP contribution in [0.2, 0.25) is 0 Å². The second kappa shape index (κ2) is 10.7. The lowest BCUT2D eigenvalue weighted by Gasteiger charge is -2.29. The van der Waals surface area contributed by atoms with Crippen molar-refractivity contribution in [1.29, 1.82) is 0 Å².